The van der Waals surface area contributed by atoms with Gasteiger partial charge in [0.15, 0.2) is 29.1 Å². The zero-order valence-corrected chi connectivity index (χ0v) is 22.3. The van der Waals surface area contributed by atoms with Crippen LogP contribution in [0.25, 0.3) is 22.0 Å². The van der Waals surface area contributed by atoms with Crippen LogP contribution in [0.1, 0.15) is 13.3 Å². The lowest BCUT2D eigenvalue weighted by Gasteiger charge is -2.26. The van der Waals surface area contributed by atoms with Crippen LogP contribution in [-0.4, -0.2) is 36.0 Å². The number of hydrogen-bond donors (Lipinski definition) is 2. The Bertz CT molecular complexity index is 1510. The number of fused-ring (bicyclic) bond motifs is 1. The zero-order valence-electron chi connectivity index (χ0n) is 20.7. The van der Waals surface area contributed by atoms with Crippen LogP contribution in [0, 0.1) is 34.9 Å². The maximum Gasteiger partial charge on any atom is 0.186 e. The van der Waals surface area contributed by atoms with E-state index < -0.39 is 56.8 Å². The van der Waals surface area contributed by atoms with Gasteiger partial charge in [0.05, 0.1) is 15.5 Å². The molecule has 0 spiro atoms. The highest BCUT2D eigenvalue weighted by Gasteiger charge is 2.28. The molecule has 3 aromatic carbocycles. The fraction of sp³-hybridized carbons (Fsp3) is 0.222. The van der Waals surface area contributed by atoms with E-state index in [4.69, 9.17) is 11.6 Å². The number of aromatic nitrogens is 1. The summed E-state index contributed by atoms with van der Waals surface area (Å²) in [4.78, 5) is 4.48. The van der Waals surface area contributed by atoms with Crippen molar-refractivity contribution in [3.8, 4) is 16.9 Å². The SMILES string of the molecule is CCCN(CCNc1ccnc2c(F)c(-c3c(O)cccc3F)c(Cl)cc12)c1c(F)c(F)c(SC)c(F)c1F. The molecule has 0 aliphatic carbocycles. The Morgan fingerprint density at radius 2 is 1.64 bits per heavy atom. The molecule has 0 amide bonds. The molecule has 0 aliphatic heterocycles. The van der Waals surface area contributed by atoms with Crippen molar-refractivity contribution in [3.63, 3.8) is 0 Å². The molecule has 0 saturated heterocycles. The summed E-state index contributed by atoms with van der Waals surface area (Å²) in [7, 11) is 0. The quantitative estimate of drug-likeness (QED) is 0.118. The first-order chi connectivity index (χ1) is 18.6. The van der Waals surface area contributed by atoms with Crippen LogP contribution in [0.4, 0.5) is 37.7 Å². The van der Waals surface area contributed by atoms with Crippen LogP contribution in [0.5, 0.6) is 5.75 Å². The van der Waals surface area contributed by atoms with Crippen LogP contribution in [0.15, 0.2) is 41.4 Å². The minimum atomic E-state index is -1.49. The molecule has 4 aromatic rings. The molecule has 4 rings (SSSR count). The first-order valence-corrected chi connectivity index (χ1v) is 13.4. The summed E-state index contributed by atoms with van der Waals surface area (Å²) in [6.07, 6.45) is 3.03. The van der Waals surface area contributed by atoms with Gasteiger partial charge >= 0.3 is 0 Å². The van der Waals surface area contributed by atoms with Crippen molar-refractivity contribution < 1.29 is 31.4 Å². The van der Waals surface area contributed by atoms with Gasteiger partial charge in [0, 0.05) is 42.5 Å². The number of aromatic hydroxyl groups is 1. The van der Waals surface area contributed by atoms with Crippen molar-refractivity contribution in [1.29, 1.82) is 0 Å². The van der Waals surface area contributed by atoms with Crippen LogP contribution < -0.4 is 10.2 Å². The van der Waals surface area contributed by atoms with Crippen molar-refractivity contribution in [3.05, 3.63) is 76.5 Å². The highest BCUT2D eigenvalue weighted by atomic mass is 35.5. The number of phenolic OH excluding ortho intramolecular Hbond substituents is 1. The Hall–Kier alpha value is -3.31. The Balaban J connectivity index is 1.66. The maximum atomic E-state index is 15.5. The Kier molecular flexibility index (Phi) is 8.70. The van der Waals surface area contributed by atoms with Gasteiger partial charge in [0.25, 0.3) is 0 Å². The minimum Gasteiger partial charge on any atom is -0.507 e. The average molecular weight is 586 g/mol. The average Bonchev–Trinajstić information content (AvgIpc) is 2.90. The molecule has 0 aliphatic rings. The molecule has 0 atom stereocenters. The molecular weight excluding hydrogens is 564 g/mol. The normalized spacial score (nSPS) is 11.3. The highest BCUT2D eigenvalue weighted by molar-refractivity contribution is 7.98. The van der Waals surface area contributed by atoms with Gasteiger partial charge in [-0.2, -0.15) is 0 Å². The topological polar surface area (TPSA) is 48.4 Å². The van der Waals surface area contributed by atoms with Crippen LogP contribution in [-0.2, 0) is 0 Å². The van der Waals surface area contributed by atoms with Crippen molar-refractivity contribution >= 4 is 45.6 Å². The van der Waals surface area contributed by atoms with Crippen molar-refractivity contribution in [1.82, 2.24) is 4.98 Å². The van der Waals surface area contributed by atoms with Gasteiger partial charge < -0.3 is 15.3 Å². The van der Waals surface area contributed by atoms with Gasteiger partial charge in [0.1, 0.15) is 22.8 Å². The predicted molar refractivity (Wildman–Crippen MR) is 143 cm³/mol. The molecular formula is C27H22ClF6N3OS. The number of anilines is 2. The predicted octanol–water partition coefficient (Wildman–Crippen LogP) is 8.15. The van der Waals surface area contributed by atoms with E-state index in [1.807, 2.05) is 0 Å². The second kappa shape index (κ2) is 11.8. The van der Waals surface area contributed by atoms with E-state index in [0.717, 1.165) is 6.07 Å². The van der Waals surface area contributed by atoms with E-state index in [2.05, 4.69) is 10.3 Å². The molecule has 0 radical (unpaired) electrons. The molecule has 0 unspecified atom stereocenters. The Labute approximate surface area is 229 Å². The van der Waals surface area contributed by atoms with Gasteiger partial charge in [-0.1, -0.05) is 24.6 Å². The third-order valence-corrected chi connectivity index (χ3v) is 7.14. The van der Waals surface area contributed by atoms with E-state index in [0.29, 0.717) is 23.9 Å². The summed E-state index contributed by atoms with van der Waals surface area (Å²) in [6.45, 7) is 1.80. The number of phenols is 1. The number of rotatable bonds is 9. The minimum absolute atomic E-state index is 0.0284. The molecule has 12 heteroatoms. The summed E-state index contributed by atoms with van der Waals surface area (Å²) in [6, 6.07) is 6.38. The molecule has 39 heavy (non-hydrogen) atoms. The second-order valence-electron chi connectivity index (χ2n) is 8.49. The molecule has 0 saturated carbocycles. The molecule has 4 nitrogen and oxygen atoms in total. The van der Waals surface area contributed by atoms with Crippen LogP contribution >= 0.6 is 23.4 Å². The van der Waals surface area contributed by atoms with Crippen LogP contribution in [0.2, 0.25) is 5.02 Å². The number of thioether (sulfide) groups is 1. The molecule has 2 N–H and O–H groups in total. The lowest BCUT2D eigenvalue weighted by Crippen LogP contribution is -2.32. The first kappa shape index (κ1) is 28.7. The fourth-order valence-electron chi connectivity index (χ4n) is 4.35. The zero-order chi connectivity index (χ0) is 28.4. The third-order valence-electron chi connectivity index (χ3n) is 6.08. The molecule has 206 valence electrons. The van der Waals surface area contributed by atoms with E-state index in [1.54, 1.807) is 6.92 Å². The number of nitrogens with one attached hydrogen (secondary N) is 1. The molecule has 1 aromatic heterocycles. The molecule has 0 fully saturated rings. The summed E-state index contributed by atoms with van der Waals surface area (Å²) in [5.41, 5.74) is -1.40. The first-order valence-electron chi connectivity index (χ1n) is 11.8. The van der Waals surface area contributed by atoms with Crippen molar-refractivity contribution in [2.75, 3.05) is 36.1 Å². The number of pyridine rings is 1. The highest BCUT2D eigenvalue weighted by Crippen LogP contribution is 2.42. The monoisotopic (exact) mass is 585 g/mol. The van der Waals surface area contributed by atoms with Gasteiger partial charge in [-0.25, -0.2) is 26.3 Å². The summed E-state index contributed by atoms with van der Waals surface area (Å²) in [5.74, 6) is -8.24. The van der Waals surface area contributed by atoms with Crippen LogP contribution in [0.3, 0.4) is 0 Å². The second-order valence-corrected chi connectivity index (χ2v) is 9.71. The smallest absolute Gasteiger partial charge is 0.186 e. The van der Waals surface area contributed by atoms with E-state index in [9.17, 15) is 27.1 Å². The number of nitrogens with zero attached hydrogens (tertiary/aromatic N) is 2. The largest absolute Gasteiger partial charge is 0.507 e. The molecule has 1 heterocycles. The third kappa shape index (κ3) is 5.29. The van der Waals surface area contributed by atoms with Gasteiger partial charge in [-0.05, 0) is 36.9 Å². The van der Waals surface area contributed by atoms with Gasteiger partial charge in [-0.3, -0.25) is 4.98 Å². The number of benzene rings is 3. The lowest BCUT2D eigenvalue weighted by atomic mass is 10.0. The summed E-state index contributed by atoms with van der Waals surface area (Å²) >= 11 is 6.88. The number of hydrogen-bond acceptors (Lipinski definition) is 5. The van der Waals surface area contributed by atoms with Crippen molar-refractivity contribution in [2.24, 2.45) is 0 Å². The van der Waals surface area contributed by atoms with Gasteiger partial charge in [0.2, 0.25) is 0 Å². The standard InChI is InChI=1S/C27H22ClF6N3OS/c1-3-10-37(26-21(31)23(33)27(39-2)24(34)22(26)32)11-9-35-16-7-8-36-25-13(16)12-14(28)18(20(25)30)19-15(29)5-4-6-17(19)38/h4-8,12,38H,3,9-11H2,1-2H3,(H,35,36). The molecule has 0 bridgehead atoms. The van der Waals surface area contributed by atoms with Gasteiger partial charge in [-0.15, -0.1) is 11.8 Å². The number of halogens is 7. The Morgan fingerprint density at radius 3 is 2.26 bits per heavy atom. The van der Waals surface area contributed by atoms with E-state index >= 15 is 4.39 Å². The summed E-state index contributed by atoms with van der Waals surface area (Å²) in [5, 5.41) is 13.2. The van der Waals surface area contributed by atoms with E-state index in [-0.39, 0.29) is 41.1 Å². The summed E-state index contributed by atoms with van der Waals surface area (Å²) < 4.78 is 88.4. The lowest BCUT2D eigenvalue weighted by molar-refractivity contribution is 0.424. The fourth-order valence-corrected chi connectivity index (χ4v) is 5.17. The van der Waals surface area contributed by atoms with Crippen molar-refractivity contribution in [2.45, 2.75) is 18.2 Å². The maximum absolute atomic E-state index is 15.5. The Morgan fingerprint density at radius 1 is 0.949 bits per heavy atom. The van der Waals surface area contributed by atoms with E-state index in [1.165, 1.54) is 41.6 Å².